The summed E-state index contributed by atoms with van der Waals surface area (Å²) in [5, 5.41) is 11.2. The van der Waals surface area contributed by atoms with Gasteiger partial charge in [0.25, 0.3) is 5.69 Å². The first-order valence-corrected chi connectivity index (χ1v) is 9.23. The average molecular weight is 345 g/mol. The van der Waals surface area contributed by atoms with Crippen molar-refractivity contribution in [1.82, 2.24) is 4.90 Å². The molecule has 6 heteroatoms. The lowest BCUT2D eigenvalue weighted by Crippen LogP contribution is -2.47. The second-order valence-electron chi connectivity index (χ2n) is 7.70. The Hall–Kier alpha value is -2.11. The summed E-state index contributed by atoms with van der Waals surface area (Å²) in [5.41, 5.74) is 0.810. The Morgan fingerprint density at radius 3 is 2.32 bits per heavy atom. The van der Waals surface area contributed by atoms with Gasteiger partial charge in [0.2, 0.25) is 5.91 Å². The summed E-state index contributed by atoms with van der Waals surface area (Å²) >= 11 is 0. The molecule has 2 fully saturated rings. The number of nitro benzene ring substituents is 1. The van der Waals surface area contributed by atoms with Crippen LogP contribution in [0.3, 0.4) is 0 Å². The number of nitro groups is 1. The van der Waals surface area contributed by atoms with Gasteiger partial charge in [-0.1, -0.05) is 26.0 Å². The number of hydrogen-bond donors (Lipinski definition) is 0. The largest absolute Gasteiger partial charge is 0.366 e. The molecule has 2 saturated heterocycles. The van der Waals surface area contributed by atoms with E-state index in [1.807, 2.05) is 15.9 Å². The minimum Gasteiger partial charge on any atom is -0.366 e. The predicted octanol–water partition coefficient (Wildman–Crippen LogP) is 3.32. The smallest absolute Gasteiger partial charge is 0.292 e. The Bertz CT molecular complexity index is 631. The Morgan fingerprint density at radius 1 is 1.12 bits per heavy atom. The minimum atomic E-state index is -0.330. The van der Waals surface area contributed by atoms with Gasteiger partial charge in [0.1, 0.15) is 5.69 Å². The fourth-order valence-electron chi connectivity index (χ4n) is 4.35. The van der Waals surface area contributed by atoms with Crippen molar-refractivity contribution in [3.05, 3.63) is 34.4 Å². The number of carbonyl (C=O) groups excluding carboxylic acids is 1. The van der Waals surface area contributed by atoms with Gasteiger partial charge in [-0.2, -0.15) is 0 Å². The molecule has 0 N–H and O–H groups in total. The summed E-state index contributed by atoms with van der Waals surface area (Å²) in [7, 11) is 0. The topological polar surface area (TPSA) is 66.7 Å². The molecule has 0 saturated carbocycles. The maximum atomic E-state index is 12.9. The maximum Gasteiger partial charge on any atom is 0.292 e. The highest BCUT2D eigenvalue weighted by Crippen LogP contribution is 2.32. The van der Waals surface area contributed by atoms with Gasteiger partial charge in [0, 0.05) is 38.2 Å². The van der Waals surface area contributed by atoms with Crippen LogP contribution >= 0.6 is 0 Å². The molecule has 1 amide bonds. The first-order chi connectivity index (χ1) is 12.0. The number of para-hydroxylation sites is 2. The summed E-state index contributed by atoms with van der Waals surface area (Å²) in [6, 6.07) is 6.87. The number of hydrogen-bond acceptors (Lipinski definition) is 4. The standard InChI is InChI=1S/C19H27N3O3/c1-14-11-15(2)13-21(12-14)19(23)16-7-9-20(10-8-16)17-5-3-4-6-18(17)22(24)25/h3-6,14-16H,7-13H2,1-2H3/t14-,15+. The van der Waals surface area contributed by atoms with Crippen LogP contribution in [0, 0.1) is 27.9 Å². The Kier molecular flexibility index (Phi) is 5.25. The third-order valence-corrected chi connectivity index (χ3v) is 5.44. The van der Waals surface area contributed by atoms with Gasteiger partial charge >= 0.3 is 0 Å². The molecular formula is C19H27N3O3. The van der Waals surface area contributed by atoms with Crippen LogP contribution < -0.4 is 4.90 Å². The maximum absolute atomic E-state index is 12.9. The molecule has 2 atom stereocenters. The number of likely N-dealkylation sites (tertiary alicyclic amines) is 1. The van der Waals surface area contributed by atoms with E-state index in [-0.39, 0.29) is 22.4 Å². The molecule has 0 bridgehead atoms. The highest BCUT2D eigenvalue weighted by molar-refractivity contribution is 5.79. The molecule has 2 heterocycles. The van der Waals surface area contributed by atoms with Crippen molar-refractivity contribution in [3.63, 3.8) is 0 Å². The molecule has 6 nitrogen and oxygen atoms in total. The van der Waals surface area contributed by atoms with Crippen LogP contribution in [0.25, 0.3) is 0 Å². The van der Waals surface area contributed by atoms with E-state index in [4.69, 9.17) is 0 Å². The second kappa shape index (κ2) is 7.42. The summed E-state index contributed by atoms with van der Waals surface area (Å²) in [4.78, 5) is 27.8. The molecule has 0 spiro atoms. The van der Waals surface area contributed by atoms with Crippen LogP contribution in [-0.4, -0.2) is 41.9 Å². The summed E-state index contributed by atoms with van der Waals surface area (Å²) in [6.45, 7) is 7.56. The average Bonchev–Trinajstić information content (AvgIpc) is 2.60. The lowest BCUT2D eigenvalue weighted by atomic mass is 9.89. The zero-order valence-corrected chi connectivity index (χ0v) is 15.1. The van der Waals surface area contributed by atoms with Gasteiger partial charge in [0.15, 0.2) is 0 Å². The van der Waals surface area contributed by atoms with Gasteiger partial charge in [-0.15, -0.1) is 0 Å². The number of anilines is 1. The van der Waals surface area contributed by atoms with Crippen molar-refractivity contribution in [1.29, 1.82) is 0 Å². The summed E-state index contributed by atoms with van der Waals surface area (Å²) in [5.74, 6) is 1.47. The van der Waals surface area contributed by atoms with E-state index in [1.54, 1.807) is 18.2 Å². The van der Waals surface area contributed by atoms with E-state index in [2.05, 4.69) is 13.8 Å². The van der Waals surface area contributed by atoms with E-state index >= 15 is 0 Å². The number of rotatable bonds is 3. The van der Waals surface area contributed by atoms with Crippen LogP contribution in [0.15, 0.2) is 24.3 Å². The zero-order valence-electron chi connectivity index (χ0n) is 15.1. The van der Waals surface area contributed by atoms with Crippen molar-refractivity contribution in [2.45, 2.75) is 33.1 Å². The van der Waals surface area contributed by atoms with Gasteiger partial charge in [0.05, 0.1) is 4.92 Å². The molecule has 1 aromatic carbocycles. The molecule has 3 rings (SSSR count). The molecule has 2 aliphatic heterocycles. The monoisotopic (exact) mass is 345 g/mol. The van der Waals surface area contributed by atoms with E-state index in [1.165, 1.54) is 6.42 Å². The highest BCUT2D eigenvalue weighted by atomic mass is 16.6. The van der Waals surface area contributed by atoms with Crippen LogP contribution in [0.4, 0.5) is 11.4 Å². The highest BCUT2D eigenvalue weighted by Gasteiger charge is 2.33. The Morgan fingerprint density at radius 2 is 1.72 bits per heavy atom. The Balaban J connectivity index is 1.62. The molecule has 0 radical (unpaired) electrons. The van der Waals surface area contributed by atoms with Crippen molar-refractivity contribution in [3.8, 4) is 0 Å². The van der Waals surface area contributed by atoms with Crippen molar-refractivity contribution < 1.29 is 9.72 Å². The van der Waals surface area contributed by atoms with Crippen molar-refractivity contribution in [2.24, 2.45) is 17.8 Å². The lowest BCUT2D eigenvalue weighted by Gasteiger charge is -2.39. The molecule has 2 aliphatic rings. The Labute approximate surface area is 148 Å². The number of piperidine rings is 2. The molecular weight excluding hydrogens is 318 g/mol. The molecule has 136 valence electrons. The molecule has 0 aliphatic carbocycles. The first-order valence-electron chi connectivity index (χ1n) is 9.23. The van der Waals surface area contributed by atoms with E-state index in [9.17, 15) is 14.9 Å². The van der Waals surface area contributed by atoms with E-state index < -0.39 is 0 Å². The van der Waals surface area contributed by atoms with E-state index in [0.717, 1.165) is 25.9 Å². The fraction of sp³-hybridized carbons (Fsp3) is 0.632. The van der Waals surface area contributed by atoms with Gasteiger partial charge in [-0.25, -0.2) is 0 Å². The van der Waals surface area contributed by atoms with Gasteiger partial charge in [-0.05, 0) is 37.2 Å². The summed E-state index contributed by atoms with van der Waals surface area (Å²) in [6.07, 6.45) is 2.73. The van der Waals surface area contributed by atoms with Crippen LogP contribution in [0.5, 0.6) is 0 Å². The van der Waals surface area contributed by atoms with Crippen LogP contribution in [0.1, 0.15) is 33.1 Å². The normalized spacial score (nSPS) is 25.0. The molecule has 0 unspecified atom stereocenters. The quantitative estimate of drug-likeness (QED) is 0.623. The third kappa shape index (κ3) is 3.94. The lowest BCUT2D eigenvalue weighted by molar-refractivity contribution is -0.384. The minimum absolute atomic E-state index is 0.0523. The number of amides is 1. The van der Waals surface area contributed by atoms with Crippen molar-refractivity contribution >= 4 is 17.3 Å². The first kappa shape index (κ1) is 17.7. The SMILES string of the molecule is C[C@@H]1C[C@H](C)CN(C(=O)C2CCN(c3ccccc3[N+](=O)[O-])CC2)C1. The zero-order chi connectivity index (χ0) is 18.0. The number of benzene rings is 1. The predicted molar refractivity (Wildman–Crippen MR) is 97.6 cm³/mol. The van der Waals surface area contributed by atoms with Gasteiger partial charge < -0.3 is 9.80 Å². The number of carbonyl (C=O) groups is 1. The molecule has 25 heavy (non-hydrogen) atoms. The molecule has 0 aromatic heterocycles. The summed E-state index contributed by atoms with van der Waals surface area (Å²) < 4.78 is 0. The van der Waals surface area contributed by atoms with E-state index in [0.29, 0.717) is 30.6 Å². The second-order valence-corrected chi connectivity index (χ2v) is 7.70. The van der Waals surface area contributed by atoms with Crippen LogP contribution in [0.2, 0.25) is 0 Å². The molecule has 1 aromatic rings. The van der Waals surface area contributed by atoms with Crippen LogP contribution in [-0.2, 0) is 4.79 Å². The number of nitrogens with zero attached hydrogens (tertiary/aromatic N) is 3. The van der Waals surface area contributed by atoms with Crippen molar-refractivity contribution in [2.75, 3.05) is 31.1 Å². The fourth-order valence-corrected chi connectivity index (χ4v) is 4.35. The third-order valence-electron chi connectivity index (χ3n) is 5.44. The van der Waals surface area contributed by atoms with Gasteiger partial charge in [-0.3, -0.25) is 14.9 Å².